The molecule has 2 aromatic carbocycles. The molecule has 0 N–H and O–H groups in total. The molecule has 0 saturated heterocycles. The van der Waals surface area contributed by atoms with Gasteiger partial charge in [-0.15, -0.1) is 0 Å². The Morgan fingerprint density at radius 1 is 1.23 bits per heavy atom. The van der Waals surface area contributed by atoms with E-state index in [4.69, 9.17) is 16.3 Å². The Balaban J connectivity index is 2.17. The maximum Gasteiger partial charge on any atom is 0.326 e. The van der Waals surface area contributed by atoms with Gasteiger partial charge in [-0.3, -0.25) is 19.7 Å². The largest absolute Gasteiger partial charge is 0.465 e. The Kier molecular flexibility index (Phi) is 6.63. The van der Waals surface area contributed by atoms with E-state index in [1.807, 2.05) is 25.1 Å². The van der Waals surface area contributed by atoms with Gasteiger partial charge in [0.15, 0.2) is 4.80 Å². The van der Waals surface area contributed by atoms with Crippen LogP contribution in [0.5, 0.6) is 0 Å². The highest BCUT2D eigenvalue weighted by atomic mass is 35.5. The molecule has 0 saturated carbocycles. The van der Waals surface area contributed by atoms with Crippen molar-refractivity contribution < 1.29 is 19.2 Å². The summed E-state index contributed by atoms with van der Waals surface area (Å²) in [6, 6.07) is 9.47. The molecule has 156 valence electrons. The van der Waals surface area contributed by atoms with E-state index in [2.05, 4.69) is 4.99 Å². The summed E-state index contributed by atoms with van der Waals surface area (Å²) in [7, 11) is 0. The van der Waals surface area contributed by atoms with Crippen molar-refractivity contribution in [2.45, 2.75) is 26.8 Å². The number of benzene rings is 2. The molecule has 0 bridgehead atoms. The summed E-state index contributed by atoms with van der Waals surface area (Å²) in [6.07, 6.45) is 0.825. The fourth-order valence-corrected chi connectivity index (χ4v) is 4.16. The zero-order valence-electron chi connectivity index (χ0n) is 16.3. The summed E-state index contributed by atoms with van der Waals surface area (Å²) in [5.74, 6) is -1.29. The van der Waals surface area contributed by atoms with Crippen LogP contribution in [0, 0.1) is 10.1 Å². The van der Waals surface area contributed by atoms with Gasteiger partial charge in [-0.05, 0) is 43.2 Å². The highest BCUT2D eigenvalue weighted by molar-refractivity contribution is 7.16. The van der Waals surface area contributed by atoms with Crippen LogP contribution in [0.3, 0.4) is 0 Å². The number of aryl methyl sites for hydroxylation is 1. The van der Waals surface area contributed by atoms with Crippen LogP contribution in [0.1, 0.15) is 29.8 Å². The van der Waals surface area contributed by atoms with Gasteiger partial charge < -0.3 is 9.30 Å². The molecular weight excluding hydrogens is 430 g/mol. The van der Waals surface area contributed by atoms with Gasteiger partial charge in [0.2, 0.25) is 0 Å². The molecule has 0 unspecified atom stereocenters. The van der Waals surface area contributed by atoms with E-state index in [0.717, 1.165) is 28.3 Å². The van der Waals surface area contributed by atoms with E-state index in [1.165, 1.54) is 23.5 Å². The minimum atomic E-state index is -0.816. The lowest BCUT2D eigenvalue weighted by Crippen LogP contribution is -2.23. The van der Waals surface area contributed by atoms with Crippen molar-refractivity contribution in [3.8, 4) is 0 Å². The third-order valence-corrected chi connectivity index (χ3v) is 5.61. The first-order chi connectivity index (χ1) is 14.3. The summed E-state index contributed by atoms with van der Waals surface area (Å²) in [4.78, 5) is 39.9. The number of halogens is 1. The fraction of sp³-hybridized carbons (Fsp3) is 0.250. The highest BCUT2D eigenvalue weighted by Crippen LogP contribution is 2.24. The second-order valence-corrected chi connectivity index (χ2v) is 7.71. The maximum atomic E-state index is 12.8. The molecule has 0 atom stereocenters. The smallest absolute Gasteiger partial charge is 0.326 e. The number of esters is 1. The minimum absolute atomic E-state index is 0.136. The van der Waals surface area contributed by atoms with E-state index >= 15 is 0 Å². The molecule has 3 aromatic rings. The van der Waals surface area contributed by atoms with Crippen LogP contribution in [0.4, 0.5) is 5.69 Å². The number of hydrogen-bond donors (Lipinski definition) is 0. The summed E-state index contributed by atoms with van der Waals surface area (Å²) < 4.78 is 7.45. The lowest BCUT2D eigenvalue weighted by molar-refractivity contribution is -0.385. The summed E-state index contributed by atoms with van der Waals surface area (Å²) in [5, 5.41) is 11.5. The zero-order valence-corrected chi connectivity index (χ0v) is 17.8. The first-order valence-corrected chi connectivity index (χ1v) is 10.3. The summed E-state index contributed by atoms with van der Waals surface area (Å²) in [6.45, 7) is 3.81. The number of carbonyl (C=O) groups is 2. The molecule has 0 spiro atoms. The Morgan fingerprint density at radius 3 is 2.67 bits per heavy atom. The van der Waals surface area contributed by atoms with Crippen LogP contribution in [0.2, 0.25) is 5.02 Å². The van der Waals surface area contributed by atoms with Crippen molar-refractivity contribution in [3.05, 3.63) is 67.5 Å². The van der Waals surface area contributed by atoms with Crippen molar-refractivity contribution in [1.82, 2.24) is 4.57 Å². The number of rotatable bonds is 6. The lowest BCUT2D eigenvalue weighted by Gasteiger charge is -2.05. The van der Waals surface area contributed by atoms with Gasteiger partial charge in [0.05, 0.1) is 21.7 Å². The van der Waals surface area contributed by atoms with Gasteiger partial charge in [0.1, 0.15) is 12.1 Å². The zero-order chi connectivity index (χ0) is 21.8. The number of thiazole rings is 1. The van der Waals surface area contributed by atoms with E-state index in [0.29, 0.717) is 0 Å². The Labute approximate surface area is 180 Å². The predicted molar refractivity (Wildman–Crippen MR) is 114 cm³/mol. The number of ether oxygens (including phenoxy) is 1. The van der Waals surface area contributed by atoms with Crippen molar-refractivity contribution in [1.29, 1.82) is 0 Å². The minimum Gasteiger partial charge on any atom is -0.465 e. The lowest BCUT2D eigenvalue weighted by atomic mass is 10.1. The number of fused-ring (bicyclic) bond motifs is 1. The predicted octanol–water partition coefficient (Wildman–Crippen LogP) is 4.13. The van der Waals surface area contributed by atoms with Crippen LogP contribution in [0.15, 0.2) is 41.4 Å². The molecule has 0 aliphatic carbocycles. The number of carbonyl (C=O) groups excluding carboxylic acids is 2. The van der Waals surface area contributed by atoms with Gasteiger partial charge in [-0.2, -0.15) is 4.99 Å². The number of nitro groups is 1. The van der Waals surface area contributed by atoms with Crippen molar-refractivity contribution in [2.75, 3.05) is 6.61 Å². The molecule has 10 heteroatoms. The van der Waals surface area contributed by atoms with Crippen LogP contribution in [0.25, 0.3) is 10.2 Å². The van der Waals surface area contributed by atoms with Gasteiger partial charge >= 0.3 is 5.97 Å². The van der Waals surface area contributed by atoms with E-state index in [9.17, 15) is 19.7 Å². The van der Waals surface area contributed by atoms with Crippen LogP contribution in [-0.4, -0.2) is 28.0 Å². The number of amides is 1. The normalized spacial score (nSPS) is 11.6. The number of nitro benzene ring substituents is 1. The first kappa shape index (κ1) is 21.7. The molecular formula is C20H18ClN3O5S. The summed E-state index contributed by atoms with van der Waals surface area (Å²) >= 11 is 7.14. The second kappa shape index (κ2) is 9.19. The Morgan fingerprint density at radius 2 is 2.00 bits per heavy atom. The van der Waals surface area contributed by atoms with Gasteiger partial charge in [-0.1, -0.05) is 35.9 Å². The molecule has 3 rings (SSSR count). The quantitative estimate of drug-likeness (QED) is 0.321. The van der Waals surface area contributed by atoms with Crippen molar-refractivity contribution in [3.63, 3.8) is 0 Å². The van der Waals surface area contributed by atoms with Gasteiger partial charge in [-0.25, -0.2) is 0 Å². The average Bonchev–Trinajstić information content (AvgIpc) is 3.03. The number of aromatic nitrogens is 1. The van der Waals surface area contributed by atoms with Crippen molar-refractivity contribution >= 4 is 50.7 Å². The molecule has 0 radical (unpaired) electrons. The molecule has 0 fully saturated rings. The van der Waals surface area contributed by atoms with Crippen LogP contribution in [-0.2, 0) is 22.5 Å². The second-order valence-electron chi connectivity index (χ2n) is 6.27. The van der Waals surface area contributed by atoms with E-state index in [1.54, 1.807) is 11.5 Å². The molecule has 1 aromatic heterocycles. The van der Waals surface area contributed by atoms with Crippen LogP contribution < -0.4 is 4.80 Å². The summed E-state index contributed by atoms with van der Waals surface area (Å²) in [5.41, 5.74) is 1.20. The molecule has 30 heavy (non-hydrogen) atoms. The van der Waals surface area contributed by atoms with Gasteiger partial charge in [0, 0.05) is 11.1 Å². The van der Waals surface area contributed by atoms with E-state index < -0.39 is 16.8 Å². The molecule has 8 nitrogen and oxygen atoms in total. The molecule has 1 heterocycles. The number of nitrogens with zero attached hydrogens (tertiary/aromatic N) is 3. The Hall–Kier alpha value is -3.04. The molecule has 1 amide bonds. The monoisotopic (exact) mass is 447 g/mol. The van der Waals surface area contributed by atoms with Gasteiger partial charge in [0.25, 0.3) is 11.6 Å². The fourth-order valence-electron chi connectivity index (χ4n) is 2.90. The van der Waals surface area contributed by atoms with Crippen molar-refractivity contribution in [2.24, 2.45) is 4.99 Å². The first-order valence-electron chi connectivity index (χ1n) is 9.15. The highest BCUT2D eigenvalue weighted by Gasteiger charge is 2.21. The average molecular weight is 448 g/mol. The SMILES string of the molecule is CCOC(=O)Cn1c(=NC(=O)c2cc(Cl)ccc2[N+](=O)[O-])sc2cc(CC)ccc21. The third-order valence-electron chi connectivity index (χ3n) is 4.33. The third kappa shape index (κ3) is 4.58. The number of hydrogen-bond acceptors (Lipinski definition) is 6. The topological polar surface area (TPSA) is 104 Å². The molecule has 0 aliphatic rings. The van der Waals surface area contributed by atoms with E-state index in [-0.39, 0.29) is 34.2 Å². The standard InChI is InChI=1S/C20H18ClN3O5S/c1-3-12-5-7-16-17(9-12)30-20(23(16)11-18(25)29-4-2)22-19(26)14-10-13(21)6-8-15(14)24(27)28/h5-10H,3-4,11H2,1-2H3. The van der Waals surface area contributed by atoms with Crippen LogP contribution >= 0.6 is 22.9 Å². The Bertz CT molecular complexity index is 1210. The molecule has 0 aliphatic heterocycles. The maximum absolute atomic E-state index is 12.8.